The van der Waals surface area contributed by atoms with Crippen molar-refractivity contribution in [1.29, 1.82) is 0 Å². The molecule has 0 aromatic carbocycles. The summed E-state index contributed by atoms with van der Waals surface area (Å²) in [6, 6.07) is 0. The van der Waals surface area contributed by atoms with Crippen molar-refractivity contribution in [3.05, 3.63) is 0 Å². The Labute approximate surface area is 84.0 Å². The molecule has 0 aromatic rings. The molecule has 0 fully saturated rings. The van der Waals surface area contributed by atoms with Gasteiger partial charge in [0.15, 0.2) is 0 Å². The zero-order chi connectivity index (χ0) is 4.83. The van der Waals surface area contributed by atoms with Crippen molar-refractivity contribution in [1.82, 2.24) is 0 Å². The molecule has 0 aliphatic carbocycles. The monoisotopic (exact) mass is 238 g/mol. The van der Waals surface area contributed by atoms with E-state index in [9.17, 15) is 0 Å². The minimum atomic E-state index is 0. The Balaban J connectivity index is 0. The molecule has 0 saturated heterocycles. The zero-order valence-corrected chi connectivity index (χ0v) is 6.76. The molecule has 0 aliphatic rings. The zero-order valence-electron chi connectivity index (χ0n) is 3.58. The van der Waals surface area contributed by atoms with E-state index >= 15 is 0 Å². The number of unbranched alkanes of at least 4 members (excludes halogenated alkanes) is 1. The Hall–Kier alpha value is 1.96. The summed E-state index contributed by atoms with van der Waals surface area (Å²) in [6.07, 6.45) is 2.57. The van der Waals surface area contributed by atoms with Crippen LogP contribution in [0, 0.1) is 0 Å². The molecule has 0 unspecified atom stereocenters. The molecule has 40 valence electrons. The van der Waals surface area contributed by atoms with Crippen LogP contribution in [-0.2, 0) is 0 Å². The summed E-state index contributed by atoms with van der Waals surface area (Å²) < 4.78 is 0. The van der Waals surface area contributed by atoms with E-state index < -0.39 is 0 Å². The summed E-state index contributed by atoms with van der Waals surface area (Å²) in [5.74, 6) is 0. The van der Waals surface area contributed by atoms with Gasteiger partial charge in [-0.15, -0.1) is 0 Å². The number of hydrogen-bond acceptors (Lipinski definition) is 0. The Morgan fingerprint density at radius 1 is 0.857 bits per heavy atom. The average Bonchev–Trinajstić information content (AvgIpc) is 1.61. The molecule has 0 heterocycles. The van der Waals surface area contributed by atoms with E-state index in [0.717, 1.165) is 10.7 Å². The van der Waals surface area contributed by atoms with Gasteiger partial charge in [0.1, 0.15) is 0 Å². The first-order valence-electron chi connectivity index (χ1n) is 2.03. The van der Waals surface area contributed by atoms with Gasteiger partial charge in [-0.25, -0.2) is 0 Å². The van der Waals surface area contributed by atoms with E-state index in [-0.39, 0.29) is 29.6 Å². The van der Waals surface area contributed by atoms with Gasteiger partial charge in [0.2, 0.25) is 0 Å². The second kappa shape index (κ2) is 10.9. The summed E-state index contributed by atoms with van der Waals surface area (Å²) in [7, 11) is 0. The molecule has 0 radical (unpaired) electrons. The quantitative estimate of drug-likeness (QED) is 0.401. The van der Waals surface area contributed by atoms with Gasteiger partial charge in [0.25, 0.3) is 0 Å². The molecule has 0 saturated carbocycles. The van der Waals surface area contributed by atoms with Crippen LogP contribution in [0.15, 0.2) is 0 Å². The number of halogens is 2. The Morgan fingerprint density at radius 2 is 1.14 bits per heavy atom. The van der Waals surface area contributed by atoms with Gasteiger partial charge < -0.3 is 0 Å². The summed E-state index contributed by atoms with van der Waals surface area (Å²) in [5, 5.41) is 2.28. The SMILES string of the molecule is BrCCCCBr.[NaH]. The third kappa shape index (κ3) is 11.5. The van der Waals surface area contributed by atoms with Gasteiger partial charge in [-0.1, -0.05) is 31.9 Å². The standard InChI is InChI=1S/C4H8Br2.Na.H/c5-3-1-2-4-6;;/h1-4H2;;. The average molecular weight is 240 g/mol. The van der Waals surface area contributed by atoms with Crippen molar-refractivity contribution in [3.63, 3.8) is 0 Å². The molecule has 3 heteroatoms. The summed E-state index contributed by atoms with van der Waals surface area (Å²) in [4.78, 5) is 0. The van der Waals surface area contributed by atoms with Crippen LogP contribution in [0.1, 0.15) is 12.8 Å². The molecular formula is C4H9Br2Na. The molecule has 0 atom stereocenters. The Morgan fingerprint density at radius 3 is 1.29 bits per heavy atom. The first-order valence-corrected chi connectivity index (χ1v) is 4.28. The number of hydrogen-bond donors (Lipinski definition) is 0. The predicted octanol–water partition coefficient (Wildman–Crippen LogP) is 1.91. The van der Waals surface area contributed by atoms with Crippen LogP contribution in [0.3, 0.4) is 0 Å². The summed E-state index contributed by atoms with van der Waals surface area (Å²) >= 11 is 6.66. The molecule has 0 aliphatic heterocycles. The molecule has 0 spiro atoms. The van der Waals surface area contributed by atoms with Crippen LogP contribution in [0.25, 0.3) is 0 Å². The van der Waals surface area contributed by atoms with Gasteiger partial charge >= 0.3 is 29.6 Å². The van der Waals surface area contributed by atoms with E-state index in [1.165, 1.54) is 12.8 Å². The fourth-order valence-corrected chi connectivity index (χ4v) is 0.982. The van der Waals surface area contributed by atoms with Crippen molar-refractivity contribution >= 4 is 61.4 Å². The number of alkyl halides is 2. The number of rotatable bonds is 3. The van der Waals surface area contributed by atoms with Crippen molar-refractivity contribution in [3.8, 4) is 0 Å². The summed E-state index contributed by atoms with van der Waals surface area (Å²) in [6.45, 7) is 0. The van der Waals surface area contributed by atoms with Crippen LogP contribution in [-0.4, -0.2) is 40.2 Å². The molecule has 0 N–H and O–H groups in total. The van der Waals surface area contributed by atoms with Crippen LogP contribution in [0.2, 0.25) is 0 Å². The van der Waals surface area contributed by atoms with Gasteiger partial charge in [0.05, 0.1) is 0 Å². The van der Waals surface area contributed by atoms with Crippen LogP contribution in [0.5, 0.6) is 0 Å². The van der Waals surface area contributed by atoms with Gasteiger partial charge in [-0.2, -0.15) is 0 Å². The van der Waals surface area contributed by atoms with Gasteiger partial charge in [0, 0.05) is 10.7 Å². The van der Waals surface area contributed by atoms with E-state index in [1.807, 2.05) is 0 Å². The summed E-state index contributed by atoms with van der Waals surface area (Å²) in [5.41, 5.74) is 0. The molecule has 0 nitrogen and oxygen atoms in total. The molecular weight excluding hydrogens is 231 g/mol. The minimum absolute atomic E-state index is 0. The normalized spacial score (nSPS) is 7.71. The Bertz CT molecular complexity index is 21.7. The van der Waals surface area contributed by atoms with E-state index in [4.69, 9.17) is 0 Å². The van der Waals surface area contributed by atoms with E-state index in [2.05, 4.69) is 31.9 Å². The molecule has 0 amide bonds. The van der Waals surface area contributed by atoms with Crippen molar-refractivity contribution in [2.75, 3.05) is 10.7 Å². The molecule has 0 aromatic heterocycles. The van der Waals surface area contributed by atoms with Crippen LogP contribution in [0.4, 0.5) is 0 Å². The maximum atomic E-state index is 3.33. The van der Waals surface area contributed by atoms with E-state index in [0.29, 0.717) is 0 Å². The molecule has 0 rings (SSSR count). The van der Waals surface area contributed by atoms with Crippen LogP contribution >= 0.6 is 31.9 Å². The Kier molecular flexibility index (Phi) is 18.2. The van der Waals surface area contributed by atoms with E-state index in [1.54, 1.807) is 0 Å². The second-order valence-electron chi connectivity index (χ2n) is 1.09. The third-order valence-corrected chi connectivity index (χ3v) is 1.64. The molecule has 7 heavy (non-hydrogen) atoms. The fraction of sp³-hybridized carbons (Fsp3) is 1.00. The molecule has 0 bridgehead atoms. The fourth-order valence-electron chi connectivity index (χ4n) is 0.189. The third-order valence-electron chi connectivity index (χ3n) is 0.517. The van der Waals surface area contributed by atoms with Crippen molar-refractivity contribution in [2.24, 2.45) is 0 Å². The van der Waals surface area contributed by atoms with Crippen LogP contribution < -0.4 is 0 Å². The first kappa shape index (κ1) is 11.7. The van der Waals surface area contributed by atoms with Crippen molar-refractivity contribution in [2.45, 2.75) is 12.8 Å². The maximum absolute atomic E-state index is 3.33. The topological polar surface area (TPSA) is 0 Å². The second-order valence-corrected chi connectivity index (χ2v) is 2.67. The van der Waals surface area contributed by atoms with Gasteiger partial charge in [-0.05, 0) is 12.8 Å². The predicted molar refractivity (Wildman–Crippen MR) is 44.0 cm³/mol. The van der Waals surface area contributed by atoms with Crippen molar-refractivity contribution < 1.29 is 0 Å². The first-order chi connectivity index (χ1) is 2.91. The van der Waals surface area contributed by atoms with Gasteiger partial charge in [-0.3, -0.25) is 0 Å².